The lowest BCUT2D eigenvalue weighted by molar-refractivity contribution is 0.662. The molecule has 0 radical (unpaired) electrons. The van der Waals surface area contributed by atoms with Gasteiger partial charge in [0.25, 0.3) is 0 Å². The van der Waals surface area contributed by atoms with Crippen molar-refractivity contribution in [1.29, 1.82) is 0 Å². The van der Waals surface area contributed by atoms with Crippen molar-refractivity contribution in [1.82, 2.24) is 14.5 Å². The average Bonchev–Trinajstić information content (AvgIpc) is 3.79. The topological polar surface area (TPSA) is 30.7 Å². The van der Waals surface area contributed by atoms with Crippen LogP contribution in [-0.2, 0) is 5.41 Å². The molecule has 0 saturated heterocycles. The van der Waals surface area contributed by atoms with Crippen LogP contribution in [0, 0.1) is 0 Å². The van der Waals surface area contributed by atoms with Crippen LogP contribution in [-0.4, -0.2) is 14.5 Å². The van der Waals surface area contributed by atoms with Gasteiger partial charge in [0.2, 0.25) is 0 Å². The first kappa shape index (κ1) is 35.5. The van der Waals surface area contributed by atoms with Gasteiger partial charge in [0.05, 0.1) is 33.5 Å². The van der Waals surface area contributed by atoms with E-state index < -0.39 is 0 Å². The summed E-state index contributed by atoms with van der Waals surface area (Å²) in [6.07, 6.45) is 0. The molecule has 1 aliphatic carbocycles. The number of pyridine rings is 2. The van der Waals surface area contributed by atoms with Gasteiger partial charge in [-0.1, -0.05) is 153 Å². The second-order valence-electron chi connectivity index (χ2n) is 18.1. The summed E-state index contributed by atoms with van der Waals surface area (Å²) in [5.74, 6) is 0. The molecule has 0 unspecified atom stereocenters. The Labute approximate surface area is 369 Å². The largest absolute Gasteiger partial charge is 0.309 e. The highest BCUT2D eigenvalue weighted by Gasteiger charge is 2.37. The fourth-order valence-electron chi connectivity index (χ4n) is 11.3. The van der Waals surface area contributed by atoms with Crippen LogP contribution in [0.4, 0.5) is 0 Å². The second kappa shape index (κ2) is 12.9. The normalized spacial score (nSPS) is 13.3. The standard InChI is InChI=1S/C61H39N3/c1-61(2)52-34-51-45(31-46(52)47-32-49-43-22-13-14-24-56(43)64(57(49)35-53(47)61)39-17-7-4-8-18-39)40-19-9-10-20-41(40)50-33-48(42-21-11-12-23-44(42)58(50)51)55-30-28-38-26-25-37-27-29-54(36-15-5-3-6-16-36)62-59(37)60(38)63-55/h3-35H,1-2H3. The lowest BCUT2D eigenvalue weighted by atomic mass is 9.80. The van der Waals surface area contributed by atoms with E-state index in [9.17, 15) is 0 Å². The van der Waals surface area contributed by atoms with Gasteiger partial charge in [-0.3, -0.25) is 0 Å². The Hall–Kier alpha value is -8.14. The molecule has 0 atom stereocenters. The van der Waals surface area contributed by atoms with E-state index in [1.165, 1.54) is 92.8 Å². The molecular formula is C61H39N3. The molecule has 64 heavy (non-hydrogen) atoms. The zero-order chi connectivity index (χ0) is 42.3. The molecule has 0 fully saturated rings. The molecule has 298 valence electrons. The molecule has 0 aliphatic heterocycles. The predicted molar refractivity (Wildman–Crippen MR) is 270 cm³/mol. The van der Waals surface area contributed by atoms with Gasteiger partial charge < -0.3 is 4.57 Å². The zero-order valence-corrected chi connectivity index (χ0v) is 35.4. The lowest BCUT2D eigenvalue weighted by Crippen LogP contribution is -2.15. The van der Waals surface area contributed by atoms with Crippen LogP contribution in [0.3, 0.4) is 0 Å². The first-order chi connectivity index (χ1) is 31.5. The minimum Gasteiger partial charge on any atom is -0.309 e. The van der Waals surface area contributed by atoms with E-state index in [1.807, 2.05) is 6.07 Å². The molecule has 0 spiro atoms. The lowest BCUT2D eigenvalue weighted by Gasteiger charge is -2.23. The second-order valence-corrected chi connectivity index (χ2v) is 18.1. The van der Waals surface area contributed by atoms with Crippen molar-refractivity contribution < 1.29 is 0 Å². The van der Waals surface area contributed by atoms with Gasteiger partial charge >= 0.3 is 0 Å². The van der Waals surface area contributed by atoms with E-state index in [0.717, 1.165) is 44.3 Å². The Morgan fingerprint density at radius 2 is 0.875 bits per heavy atom. The summed E-state index contributed by atoms with van der Waals surface area (Å²) in [6.45, 7) is 4.83. The molecule has 0 bridgehead atoms. The molecule has 13 aromatic rings. The molecule has 1 aliphatic rings. The molecule has 3 heterocycles. The van der Waals surface area contributed by atoms with Crippen molar-refractivity contribution >= 4 is 86.7 Å². The maximum atomic E-state index is 5.50. The summed E-state index contributed by atoms with van der Waals surface area (Å²) < 4.78 is 2.44. The Morgan fingerprint density at radius 1 is 0.359 bits per heavy atom. The Kier molecular flexibility index (Phi) is 7.17. The fraction of sp³-hybridized carbons (Fsp3) is 0.0492. The third-order valence-corrected chi connectivity index (χ3v) is 14.3. The minimum absolute atomic E-state index is 0.231. The van der Waals surface area contributed by atoms with Crippen molar-refractivity contribution in [3.8, 4) is 39.3 Å². The SMILES string of the molecule is CC1(C)c2cc3c(cc2-c2cc4c5ccccc5n(-c5ccccc5)c4cc21)c1ccccc1c1cc(-c2ccc4ccc5ccc(-c6ccccc6)nc5c4n2)c2ccccc2c31. The molecular weight excluding hydrogens is 775 g/mol. The smallest absolute Gasteiger partial charge is 0.0972 e. The molecule has 0 N–H and O–H groups in total. The van der Waals surface area contributed by atoms with E-state index >= 15 is 0 Å². The van der Waals surface area contributed by atoms with Crippen LogP contribution in [0.2, 0.25) is 0 Å². The Bertz CT molecular complexity index is 4140. The third kappa shape index (κ3) is 4.87. The van der Waals surface area contributed by atoms with Gasteiger partial charge in [-0.05, 0) is 126 Å². The van der Waals surface area contributed by atoms with Crippen molar-refractivity contribution in [2.75, 3.05) is 0 Å². The highest BCUT2D eigenvalue weighted by molar-refractivity contribution is 6.33. The van der Waals surface area contributed by atoms with E-state index in [1.54, 1.807) is 0 Å². The number of rotatable bonds is 3. The average molecular weight is 814 g/mol. The fourth-order valence-corrected chi connectivity index (χ4v) is 11.3. The van der Waals surface area contributed by atoms with E-state index in [2.05, 4.69) is 213 Å². The van der Waals surface area contributed by atoms with Gasteiger partial charge in [-0.2, -0.15) is 0 Å². The molecule has 0 amide bonds. The number of para-hydroxylation sites is 2. The van der Waals surface area contributed by atoms with Crippen molar-refractivity contribution in [2.45, 2.75) is 19.3 Å². The van der Waals surface area contributed by atoms with Crippen LogP contribution in [0.5, 0.6) is 0 Å². The number of hydrogen-bond acceptors (Lipinski definition) is 2. The first-order valence-electron chi connectivity index (χ1n) is 22.2. The summed E-state index contributed by atoms with van der Waals surface area (Å²) >= 11 is 0. The van der Waals surface area contributed by atoms with Crippen LogP contribution in [0.1, 0.15) is 25.0 Å². The van der Waals surface area contributed by atoms with Gasteiger partial charge in [-0.15, -0.1) is 0 Å². The van der Waals surface area contributed by atoms with Gasteiger partial charge in [0.1, 0.15) is 0 Å². The zero-order valence-electron chi connectivity index (χ0n) is 35.4. The Morgan fingerprint density at radius 3 is 1.61 bits per heavy atom. The maximum Gasteiger partial charge on any atom is 0.0972 e. The molecule has 10 aromatic carbocycles. The highest BCUT2D eigenvalue weighted by Crippen LogP contribution is 2.54. The number of aromatic nitrogens is 3. The summed E-state index contributed by atoms with van der Waals surface area (Å²) in [6, 6.07) is 73.4. The maximum absolute atomic E-state index is 5.50. The van der Waals surface area contributed by atoms with E-state index in [-0.39, 0.29) is 5.41 Å². The molecule has 3 nitrogen and oxygen atoms in total. The third-order valence-electron chi connectivity index (χ3n) is 14.3. The van der Waals surface area contributed by atoms with Crippen molar-refractivity contribution in [2.24, 2.45) is 0 Å². The van der Waals surface area contributed by atoms with Crippen molar-refractivity contribution in [3.63, 3.8) is 0 Å². The number of nitrogens with zero attached hydrogens (tertiary/aromatic N) is 3. The van der Waals surface area contributed by atoms with Crippen LogP contribution < -0.4 is 0 Å². The molecule has 14 rings (SSSR count). The first-order valence-corrected chi connectivity index (χ1v) is 22.2. The van der Waals surface area contributed by atoms with Gasteiger partial charge in [0, 0.05) is 43.8 Å². The van der Waals surface area contributed by atoms with E-state index in [4.69, 9.17) is 9.97 Å². The van der Waals surface area contributed by atoms with Crippen molar-refractivity contribution in [3.05, 3.63) is 211 Å². The quantitative estimate of drug-likeness (QED) is 0.166. The van der Waals surface area contributed by atoms with E-state index in [0.29, 0.717) is 0 Å². The summed E-state index contributed by atoms with van der Waals surface area (Å²) in [5, 5.41) is 14.7. The number of benzene rings is 10. The molecule has 3 aromatic heterocycles. The summed E-state index contributed by atoms with van der Waals surface area (Å²) in [4.78, 5) is 10.7. The van der Waals surface area contributed by atoms with Gasteiger partial charge in [0.15, 0.2) is 0 Å². The highest BCUT2D eigenvalue weighted by atomic mass is 15.0. The summed E-state index contributed by atoms with van der Waals surface area (Å²) in [5.41, 5.74) is 14.8. The molecule has 0 saturated carbocycles. The van der Waals surface area contributed by atoms with Gasteiger partial charge in [-0.25, -0.2) is 9.97 Å². The molecule has 3 heteroatoms. The van der Waals surface area contributed by atoms with Crippen LogP contribution >= 0.6 is 0 Å². The number of hydrogen-bond donors (Lipinski definition) is 0. The monoisotopic (exact) mass is 813 g/mol. The predicted octanol–water partition coefficient (Wildman–Crippen LogP) is 16.1. The van der Waals surface area contributed by atoms with Crippen LogP contribution in [0.25, 0.3) is 126 Å². The minimum atomic E-state index is -0.231. The number of fused-ring (bicyclic) bond motifs is 17. The Balaban J connectivity index is 1.03. The van der Waals surface area contributed by atoms with Crippen LogP contribution in [0.15, 0.2) is 200 Å². The summed E-state index contributed by atoms with van der Waals surface area (Å²) in [7, 11) is 0.